The van der Waals surface area contributed by atoms with E-state index in [-0.39, 0.29) is 42.5 Å². The maximum absolute atomic E-state index is 13.4. The summed E-state index contributed by atoms with van der Waals surface area (Å²) in [5.41, 5.74) is 6.00. The number of aromatic hydroxyl groups is 1. The Labute approximate surface area is 309 Å². The minimum Gasteiger partial charge on any atom is -0.508 e. The monoisotopic (exact) mass is 733 g/mol. The number of hydrogen-bond donors (Lipinski definition) is 4. The van der Waals surface area contributed by atoms with Gasteiger partial charge in [-0.3, -0.25) is 19.2 Å². The van der Waals surface area contributed by atoms with Gasteiger partial charge >= 0.3 is 0 Å². The summed E-state index contributed by atoms with van der Waals surface area (Å²) in [7, 11) is 4.73. The normalized spacial score (nSPS) is 9.52. The lowest BCUT2D eigenvalue weighted by Gasteiger charge is -2.10. The molecule has 0 saturated carbocycles. The summed E-state index contributed by atoms with van der Waals surface area (Å²) in [5.74, 6) is -0.852. The van der Waals surface area contributed by atoms with Crippen molar-refractivity contribution in [2.75, 3.05) is 21.1 Å². The van der Waals surface area contributed by atoms with Crippen molar-refractivity contribution in [2.45, 2.75) is 27.2 Å². The van der Waals surface area contributed by atoms with E-state index < -0.39 is 5.24 Å². The van der Waals surface area contributed by atoms with Crippen molar-refractivity contribution in [3.8, 4) is 28.0 Å². The molecular weight excluding hydrogens is 688 g/mol. The highest BCUT2D eigenvalue weighted by molar-refractivity contribution is 6.66. The Morgan fingerprint density at radius 1 is 0.750 bits per heavy atom. The fourth-order valence-electron chi connectivity index (χ4n) is 4.15. The molecule has 4 N–H and O–H groups in total. The molecule has 4 aromatic rings. The minimum atomic E-state index is -0.509. The molecule has 0 aliphatic carbocycles. The molecule has 0 fully saturated rings. The third-order valence-corrected chi connectivity index (χ3v) is 6.88. The number of hydrogen-bond acceptors (Lipinski definition) is 5. The van der Waals surface area contributed by atoms with Crippen molar-refractivity contribution in [1.82, 2.24) is 16.0 Å². The lowest BCUT2D eigenvalue weighted by Crippen LogP contribution is -2.18. The molecule has 0 atom stereocenters. The van der Waals surface area contributed by atoms with E-state index in [1.54, 1.807) is 63.6 Å². The number of phenols is 1. The van der Waals surface area contributed by atoms with Gasteiger partial charge in [0.1, 0.15) is 17.4 Å². The van der Waals surface area contributed by atoms with Gasteiger partial charge in [0.15, 0.2) is 0 Å². The van der Waals surface area contributed by atoms with E-state index in [0.717, 1.165) is 39.5 Å². The summed E-state index contributed by atoms with van der Waals surface area (Å²) >= 11 is 4.71. The smallest absolute Gasteiger partial charge is 0.244 e. The second-order valence-electron chi connectivity index (χ2n) is 10.4. The summed E-state index contributed by atoms with van der Waals surface area (Å²) in [6.07, 6.45) is 6.35. The van der Waals surface area contributed by atoms with Gasteiger partial charge in [-0.15, -0.1) is 0 Å². The van der Waals surface area contributed by atoms with E-state index in [2.05, 4.69) is 29.1 Å². The van der Waals surface area contributed by atoms with Crippen LogP contribution in [0.2, 0.25) is 0 Å². The van der Waals surface area contributed by atoms with Crippen molar-refractivity contribution in [3.05, 3.63) is 145 Å². The number of aryl methyl sites for hydroxylation is 2. The summed E-state index contributed by atoms with van der Waals surface area (Å²) < 4.78 is 26.7. The third-order valence-electron chi connectivity index (χ3n) is 6.73. The summed E-state index contributed by atoms with van der Waals surface area (Å²) in [6, 6.07) is 23.4. The van der Waals surface area contributed by atoms with Crippen LogP contribution in [0.25, 0.3) is 28.3 Å². The van der Waals surface area contributed by atoms with Gasteiger partial charge in [-0.25, -0.2) is 8.78 Å². The Morgan fingerprint density at radius 3 is 1.77 bits per heavy atom. The minimum absolute atomic E-state index is 0. The zero-order valence-electron chi connectivity index (χ0n) is 28.9. The average molecular weight is 734 g/mol. The van der Waals surface area contributed by atoms with Crippen molar-refractivity contribution >= 4 is 40.6 Å². The number of rotatable bonds is 9. The predicted octanol–water partition coefficient (Wildman–Crippen LogP) is 7.93. The van der Waals surface area contributed by atoms with Crippen LogP contribution in [0.4, 0.5) is 8.78 Å². The van der Waals surface area contributed by atoms with Crippen molar-refractivity contribution < 1.29 is 33.1 Å². The zero-order valence-corrected chi connectivity index (χ0v) is 29.7. The van der Waals surface area contributed by atoms with E-state index in [0.29, 0.717) is 18.4 Å². The quantitative estimate of drug-likeness (QED) is 0.103. The Hall–Kier alpha value is -5.87. The fourth-order valence-corrected chi connectivity index (χ4v) is 4.15. The molecule has 276 valence electrons. The van der Waals surface area contributed by atoms with Crippen LogP contribution >= 0.6 is 11.6 Å². The fraction of sp³-hybridized carbons (Fsp3) is 0.171. The third kappa shape index (κ3) is 17.7. The first-order chi connectivity index (χ1) is 24.3. The second kappa shape index (κ2) is 25.1. The maximum Gasteiger partial charge on any atom is 0.244 e. The molecule has 4 rings (SSSR count). The first-order valence-electron chi connectivity index (χ1n) is 15.5. The predicted molar refractivity (Wildman–Crippen MR) is 208 cm³/mol. The molecule has 52 heavy (non-hydrogen) atoms. The Balaban J connectivity index is 0.000000768. The maximum atomic E-state index is 13.4. The number of allylic oxidation sites excluding steroid dienone is 1. The van der Waals surface area contributed by atoms with Crippen LogP contribution in [0, 0.1) is 18.6 Å². The van der Waals surface area contributed by atoms with E-state index >= 15 is 0 Å². The average Bonchev–Trinajstić information content (AvgIpc) is 3.13. The van der Waals surface area contributed by atoms with Crippen LogP contribution in [-0.2, 0) is 25.6 Å². The lowest BCUT2D eigenvalue weighted by molar-refractivity contribution is -0.120. The van der Waals surface area contributed by atoms with E-state index in [1.165, 1.54) is 36.4 Å². The second-order valence-corrected chi connectivity index (χ2v) is 10.8. The van der Waals surface area contributed by atoms with Crippen molar-refractivity contribution in [1.29, 1.82) is 0 Å². The molecule has 8 nitrogen and oxygen atoms in total. The Morgan fingerprint density at radius 2 is 1.31 bits per heavy atom. The first kappa shape index (κ1) is 46.1. The van der Waals surface area contributed by atoms with Crippen LogP contribution < -0.4 is 16.0 Å². The van der Waals surface area contributed by atoms with Gasteiger partial charge in [0.25, 0.3) is 0 Å². The molecule has 0 saturated heterocycles. The van der Waals surface area contributed by atoms with Gasteiger partial charge in [-0.05, 0) is 113 Å². The Bertz CT molecular complexity index is 1840. The van der Waals surface area contributed by atoms with Crippen LogP contribution in [0.1, 0.15) is 30.5 Å². The summed E-state index contributed by atoms with van der Waals surface area (Å²) in [4.78, 5) is 42.0. The molecule has 0 aliphatic heterocycles. The number of benzene rings is 4. The molecule has 0 spiro atoms. The molecule has 11 heteroatoms. The van der Waals surface area contributed by atoms with Crippen LogP contribution in [0.15, 0.2) is 116 Å². The number of nitrogens with one attached hydrogen (secondary N) is 3. The van der Waals surface area contributed by atoms with Gasteiger partial charge in [0.05, 0.1) is 0 Å². The van der Waals surface area contributed by atoms with Crippen molar-refractivity contribution in [2.24, 2.45) is 0 Å². The number of phenolic OH excluding ortho intramolecular Hbond substituents is 1. The summed E-state index contributed by atoms with van der Waals surface area (Å²) in [5, 5.41) is 16.6. The molecular formula is C41H46ClF2N3O5. The van der Waals surface area contributed by atoms with Gasteiger partial charge < -0.3 is 21.1 Å². The SMILES string of the molecule is C.C=CC(=O)Cl.C=CC(=O)NC.CNC(=O)/C=C/c1ccc(C)cc1-c1cccc(F)c1.CNC(=O)CCc1ccc(O)cc1-c1cccc(F)c1. The highest BCUT2D eigenvalue weighted by Crippen LogP contribution is 2.29. The lowest BCUT2D eigenvalue weighted by atomic mass is 9.96. The molecule has 0 aliphatic rings. The molecule has 3 amide bonds. The molecule has 4 aromatic carbocycles. The Kier molecular flexibility index (Phi) is 22.3. The highest BCUT2D eigenvalue weighted by atomic mass is 35.5. The number of halogens is 3. The number of carbonyl (C=O) groups excluding carboxylic acids is 4. The van der Waals surface area contributed by atoms with Gasteiger partial charge in [0, 0.05) is 33.6 Å². The molecule has 0 radical (unpaired) electrons. The van der Waals surface area contributed by atoms with Gasteiger partial charge in [0.2, 0.25) is 23.0 Å². The van der Waals surface area contributed by atoms with Crippen molar-refractivity contribution in [3.63, 3.8) is 0 Å². The molecule has 0 aromatic heterocycles. The van der Waals surface area contributed by atoms with Gasteiger partial charge in [-0.1, -0.05) is 74.7 Å². The number of carbonyl (C=O) groups is 4. The topological polar surface area (TPSA) is 125 Å². The number of likely N-dealkylation sites (N-methyl/N-ethyl adjacent to an activating group) is 2. The van der Waals surface area contributed by atoms with Gasteiger partial charge in [-0.2, -0.15) is 0 Å². The summed E-state index contributed by atoms with van der Waals surface area (Å²) in [6.45, 7) is 8.28. The standard InChI is InChI=1S/C17H16FNO.C16H16FNO2.C4H7NO.C3H3ClO.CH4/c1-12-6-7-13(8-9-17(20)19-2)16(10-12)14-4-3-5-15(18)11-14;1-18-16(20)8-6-11-5-7-14(19)10-15(11)12-3-2-4-13(17)9-12;1-3-4(6)5-2;1-2-3(4)5;/h3-11H,1-2H3,(H,19,20);2-5,7,9-10,19H,6,8H2,1H3,(H,18,20);3H,1H2,2H3,(H,5,6);2H,1H2;1H4/b9-8+;;;;. The van der Waals surface area contributed by atoms with E-state index in [1.807, 2.05) is 31.2 Å². The first-order valence-corrected chi connectivity index (χ1v) is 15.9. The molecule has 0 heterocycles. The van der Waals surface area contributed by atoms with Crippen LogP contribution in [0.3, 0.4) is 0 Å². The van der Waals surface area contributed by atoms with E-state index in [4.69, 9.17) is 11.6 Å². The largest absolute Gasteiger partial charge is 0.508 e. The number of amides is 3. The zero-order chi connectivity index (χ0) is 38.3. The van der Waals surface area contributed by atoms with E-state index in [9.17, 15) is 33.1 Å². The molecule has 0 unspecified atom stereocenters. The molecule has 0 bridgehead atoms. The van der Waals surface area contributed by atoms with Crippen LogP contribution in [0.5, 0.6) is 5.75 Å². The highest BCUT2D eigenvalue weighted by Gasteiger charge is 2.09. The van der Waals surface area contributed by atoms with Crippen LogP contribution in [-0.4, -0.2) is 49.2 Å².